The highest BCUT2D eigenvalue weighted by molar-refractivity contribution is 5.76. The summed E-state index contributed by atoms with van der Waals surface area (Å²) in [4.78, 5) is 13.0. The van der Waals surface area contributed by atoms with E-state index in [0.29, 0.717) is 13.0 Å². The fraction of sp³-hybridized carbons (Fsp3) is 0.900. The number of carbonyl (C=O) groups excluding carboxylic acids is 1. The first kappa shape index (κ1) is 14.2. The highest BCUT2D eigenvalue weighted by atomic mass is 19.4. The monoisotopic (exact) mass is 255 g/mol. The SMILES string of the molecule is CC1(O)CCN(C(=O)CCOCC(F)(F)F)C1. The van der Waals surface area contributed by atoms with Gasteiger partial charge in [0.15, 0.2) is 0 Å². The number of rotatable bonds is 4. The molecule has 1 aliphatic rings. The normalized spacial score (nSPS) is 25.4. The van der Waals surface area contributed by atoms with Gasteiger partial charge < -0.3 is 14.7 Å². The molecule has 1 amide bonds. The lowest BCUT2D eigenvalue weighted by atomic mass is 10.1. The summed E-state index contributed by atoms with van der Waals surface area (Å²) in [7, 11) is 0. The molecular weight excluding hydrogens is 239 g/mol. The molecule has 1 N–H and O–H groups in total. The Morgan fingerprint density at radius 2 is 2.18 bits per heavy atom. The van der Waals surface area contributed by atoms with E-state index in [1.807, 2.05) is 0 Å². The Balaban J connectivity index is 2.18. The maximum Gasteiger partial charge on any atom is 0.411 e. The van der Waals surface area contributed by atoms with Crippen molar-refractivity contribution < 1.29 is 27.8 Å². The third-order valence-corrected chi connectivity index (χ3v) is 2.53. The van der Waals surface area contributed by atoms with Crippen LogP contribution < -0.4 is 0 Å². The molecule has 0 saturated carbocycles. The first-order chi connectivity index (χ1) is 7.70. The molecule has 1 unspecified atom stereocenters. The largest absolute Gasteiger partial charge is 0.411 e. The lowest BCUT2D eigenvalue weighted by Gasteiger charge is -2.19. The molecule has 100 valence electrons. The number of aliphatic hydroxyl groups is 1. The van der Waals surface area contributed by atoms with Crippen molar-refractivity contribution in [2.75, 3.05) is 26.3 Å². The molecule has 0 aliphatic carbocycles. The van der Waals surface area contributed by atoms with Crippen molar-refractivity contribution in [2.24, 2.45) is 0 Å². The number of carbonyl (C=O) groups is 1. The van der Waals surface area contributed by atoms with Crippen LogP contribution in [0.1, 0.15) is 19.8 Å². The van der Waals surface area contributed by atoms with E-state index in [1.54, 1.807) is 6.92 Å². The molecule has 0 aromatic heterocycles. The van der Waals surface area contributed by atoms with Gasteiger partial charge in [-0.1, -0.05) is 0 Å². The summed E-state index contributed by atoms with van der Waals surface area (Å²) in [6.45, 7) is 0.700. The van der Waals surface area contributed by atoms with Crippen molar-refractivity contribution in [3.8, 4) is 0 Å². The molecule has 0 spiro atoms. The second-order valence-electron chi connectivity index (χ2n) is 4.48. The van der Waals surface area contributed by atoms with Crippen LogP contribution in [-0.2, 0) is 9.53 Å². The van der Waals surface area contributed by atoms with E-state index >= 15 is 0 Å². The smallest absolute Gasteiger partial charge is 0.388 e. The number of β-amino-alcohol motifs (C(OH)–C–C–N with tert-alkyl or cyclic N) is 1. The topological polar surface area (TPSA) is 49.8 Å². The number of halogens is 3. The summed E-state index contributed by atoms with van der Waals surface area (Å²) in [6.07, 6.45) is -3.96. The zero-order chi connectivity index (χ0) is 13.1. The second-order valence-corrected chi connectivity index (χ2v) is 4.48. The first-order valence-corrected chi connectivity index (χ1v) is 5.34. The molecule has 1 rings (SSSR count). The summed E-state index contributed by atoms with van der Waals surface area (Å²) >= 11 is 0. The van der Waals surface area contributed by atoms with Gasteiger partial charge in [-0.25, -0.2) is 0 Å². The van der Waals surface area contributed by atoms with E-state index in [-0.39, 0.29) is 25.5 Å². The van der Waals surface area contributed by atoms with E-state index in [2.05, 4.69) is 4.74 Å². The first-order valence-electron chi connectivity index (χ1n) is 5.34. The molecule has 0 aromatic carbocycles. The standard InChI is InChI=1S/C10H16F3NO3/c1-9(16)3-4-14(6-9)8(15)2-5-17-7-10(11,12)13/h16H,2-7H2,1H3. The van der Waals surface area contributed by atoms with Gasteiger partial charge in [-0.2, -0.15) is 13.2 Å². The van der Waals surface area contributed by atoms with E-state index < -0.39 is 18.4 Å². The zero-order valence-corrected chi connectivity index (χ0v) is 9.59. The van der Waals surface area contributed by atoms with Gasteiger partial charge >= 0.3 is 6.18 Å². The van der Waals surface area contributed by atoms with Gasteiger partial charge in [0, 0.05) is 13.1 Å². The molecule has 7 heteroatoms. The molecule has 1 atom stereocenters. The van der Waals surface area contributed by atoms with E-state index in [9.17, 15) is 23.1 Å². The fourth-order valence-corrected chi connectivity index (χ4v) is 1.66. The average molecular weight is 255 g/mol. The van der Waals surface area contributed by atoms with Crippen LogP contribution >= 0.6 is 0 Å². The Hall–Kier alpha value is -0.820. The van der Waals surface area contributed by atoms with Crippen molar-refractivity contribution in [1.29, 1.82) is 0 Å². The maximum absolute atomic E-state index is 11.7. The Kier molecular flexibility index (Phi) is 4.37. The molecule has 17 heavy (non-hydrogen) atoms. The molecule has 4 nitrogen and oxygen atoms in total. The van der Waals surface area contributed by atoms with Gasteiger partial charge in [-0.15, -0.1) is 0 Å². The van der Waals surface area contributed by atoms with Crippen LogP contribution in [0.4, 0.5) is 13.2 Å². The summed E-state index contributed by atoms with van der Waals surface area (Å²) < 4.78 is 39.5. The predicted octanol–water partition coefficient (Wildman–Crippen LogP) is 0.939. The van der Waals surface area contributed by atoms with Crippen molar-refractivity contribution in [2.45, 2.75) is 31.5 Å². The quantitative estimate of drug-likeness (QED) is 0.760. The Morgan fingerprint density at radius 3 is 2.65 bits per heavy atom. The van der Waals surface area contributed by atoms with Gasteiger partial charge in [-0.05, 0) is 13.3 Å². The lowest BCUT2D eigenvalue weighted by molar-refractivity contribution is -0.175. The summed E-state index contributed by atoms with van der Waals surface area (Å²) in [5.41, 5.74) is -0.886. The van der Waals surface area contributed by atoms with E-state index in [1.165, 1.54) is 4.90 Å². The molecule has 0 radical (unpaired) electrons. The van der Waals surface area contributed by atoms with Gasteiger partial charge in [-0.3, -0.25) is 4.79 Å². The van der Waals surface area contributed by atoms with Crippen molar-refractivity contribution >= 4 is 5.91 Å². The second kappa shape index (κ2) is 5.22. The van der Waals surface area contributed by atoms with Gasteiger partial charge in [0.1, 0.15) is 6.61 Å². The lowest BCUT2D eigenvalue weighted by Crippen LogP contribution is -2.34. The predicted molar refractivity (Wildman–Crippen MR) is 53.3 cm³/mol. The number of amides is 1. The maximum atomic E-state index is 11.7. The third-order valence-electron chi connectivity index (χ3n) is 2.53. The van der Waals surface area contributed by atoms with Gasteiger partial charge in [0.05, 0.1) is 18.6 Å². The van der Waals surface area contributed by atoms with Crippen LogP contribution in [0.2, 0.25) is 0 Å². The Morgan fingerprint density at radius 1 is 1.53 bits per heavy atom. The molecule has 1 heterocycles. The summed E-state index contributed by atoms with van der Waals surface area (Å²) in [5.74, 6) is -0.287. The minimum atomic E-state index is -4.36. The van der Waals surface area contributed by atoms with Gasteiger partial charge in [0.2, 0.25) is 5.91 Å². The van der Waals surface area contributed by atoms with Crippen molar-refractivity contribution in [3.05, 3.63) is 0 Å². The molecule has 0 bridgehead atoms. The molecular formula is C10H16F3NO3. The van der Waals surface area contributed by atoms with Gasteiger partial charge in [0.25, 0.3) is 0 Å². The minimum absolute atomic E-state index is 0.0911. The number of likely N-dealkylation sites (tertiary alicyclic amines) is 1. The minimum Gasteiger partial charge on any atom is -0.388 e. The fourth-order valence-electron chi connectivity index (χ4n) is 1.66. The van der Waals surface area contributed by atoms with Crippen molar-refractivity contribution in [3.63, 3.8) is 0 Å². The van der Waals surface area contributed by atoms with Crippen LogP contribution in [0, 0.1) is 0 Å². The van der Waals surface area contributed by atoms with Crippen LogP contribution in [0.5, 0.6) is 0 Å². The number of nitrogens with zero attached hydrogens (tertiary/aromatic N) is 1. The highest BCUT2D eigenvalue weighted by Gasteiger charge is 2.33. The number of hydrogen-bond donors (Lipinski definition) is 1. The van der Waals surface area contributed by atoms with Crippen LogP contribution in [0.15, 0.2) is 0 Å². The molecule has 1 aliphatic heterocycles. The average Bonchev–Trinajstić information content (AvgIpc) is 2.52. The Labute approximate surface area is 97.3 Å². The van der Waals surface area contributed by atoms with E-state index in [0.717, 1.165) is 0 Å². The van der Waals surface area contributed by atoms with E-state index in [4.69, 9.17) is 0 Å². The van der Waals surface area contributed by atoms with Crippen molar-refractivity contribution in [1.82, 2.24) is 4.90 Å². The molecule has 1 fully saturated rings. The number of hydrogen-bond acceptors (Lipinski definition) is 3. The van der Waals surface area contributed by atoms with Crippen LogP contribution in [-0.4, -0.2) is 54.0 Å². The summed E-state index contributed by atoms with van der Waals surface area (Å²) in [5, 5.41) is 9.62. The van der Waals surface area contributed by atoms with Crippen LogP contribution in [0.3, 0.4) is 0 Å². The molecule has 0 aromatic rings. The van der Waals surface area contributed by atoms with Crippen LogP contribution in [0.25, 0.3) is 0 Å². The number of ether oxygens (including phenoxy) is 1. The number of alkyl halides is 3. The Bertz CT molecular complexity index is 278. The zero-order valence-electron chi connectivity index (χ0n) is 9.59. The molecule has 1 saturated heterocycles. The summed E-state index contributed by atoms with van der Waals surface area (Å²) in [6, 6.07) is 0. The third kappa shape index (κ3) is 5.36. The highest BCUT2D eigenvalue weighted by Crippen LogP contribution is 2.20.